The Morgan fingerprint density at radius 3 is 2.65 bits per heavy atom. The molecule has 1 aromatic carbocycles. The summed E-state index contributed by atoms with van der Waals surface area (Å²) < 4.78 is 2.55. The Balaban J connectivity index is 2.30. The second kappa shape index (κ2) is 4.13. The van der Waals surface area contributed by atoms with Gasteiger partial charge in [0.1, 0.15) is 0 Å². The van der Waals surface area contributed by atoms with E-state index >= 15 is 0 Å². The van der Waals surface area contributed by atoms with E-state index in [2.05, 4.69) is 26.0 Å². The summed E-state index contributed by atoms with van der Waals surface area (Å²) in [6.07, 6.45) is 3.41. The van der Waals surface area contributed by atoms with Crippen LogP contribution in [0.3, 0.4) is 0 Å². The van der Waals surface area contributed by atoms with Crippen LogP contribution in [0.2, 0.25) is 5.02 Å². The molecule has 0 aliphatic heterocycles. The lowest BCUT2D eigenvalue weighted by Crippen LogP contribution is -1.96. The highest BCUT2D eigenvalue weighted by Gasteiger charge is 2.10. The van der Waals surface area contributed by atoms with Gasteiger partial charge in [0.05, 0.1) is 26.8 Å². The summed E-state index contributed by atoms with van der Waals surface area (Å²) in [5.74, 6) is 0. The highest BCUT2D eigenvalue weighted by molar-refractivity contribution is 9.10. The van der Waals surface area contributed by atoms with Crippen LogP contribution in [-0.4, -0.2) is 14.8 Å². The topological polar surface area (TPSA) is 30.7 Å². The summed E-state index contributed by atoms with van der Waals surface area (Å²) in [6, 6.07) is 9.84. The van der Waals surface area contributed by atoms with Crippen molar-refractivity contribution < 1.29 is 0 Å². The van der Waals surface area contributed by atoms with E-state index in [1.54, 1.807) is 17.1 Å². The number of aromatic nitrogens is 3. The Morgan fingerprint density at radius 1 is 1.12 bits per heavy atom. The predicted molar refractivity (Wildman–Crippen MR) is 71.6 cm³/mol. The minimum absolute atomic E-state index is 0.636. The first-order valence-electron chi connectivity index (χ1n) is 5.00. The van der Waals surface area contributed by atoms with E-state index < -0.39 is 0 Å². The summed E-state index contributed by atoms with van der Waals surface area (Å²) in [7, 11) is 0. The lowest BCUT2D eigenvalue weighted by Gasteiger charge is -2.02. The number of hydrogen-bond acceptors (Lipinski definition) is 2. The number of fused-ring (bicyclic) bond motifs is 1. The average molecular weight is 309 g/mol. The minimum Gasteiger partial charge on any atom is -0.235 e. The molecule has 0 bridgehead atoms. The van der Waals surface area contributed by atoms with Crippen molar-refractivity contribution in [3.8, 4) is 5.69 Å². The van der Waals surface area contributed by atoms with Crippen molar-refractivity contribution in [2.75, 3.05) is 0 Å². The molecule has 5 heteroatoms. The number of pyridine rings is 1. The van der Waals surface area contributed by atoms with Crippen molar-refractivity contribution in [1.82, 2.24) is 14.8 Å². The molecule has 0 N–H and O–H groups in total. The zero-order valence-electron chi connectivity index (χ0n) is 8.64. The van der Waals surface area contributed by atoms with Crippen molar-refractivity contribution in [2.45, 2.75) is 0 Å². The number of halogens is 2. The smallest absolute Gasteiger partial charge is 0.164 e. The third-order valence-corrected chi connectivity index (χ3v) is 3.73. The summed E-state index contributed by atoms with van der Waals surface area (Å²) in [6.45, 7) is 0. The van der Waals surface area contributed by atoms with E-state index in [0.29, 0.717) is 5.02 Å². The van der Waals surface area contributed by atoms with Gasteiger partial charge in [-0.3, -0.25) is 0 Å². The molecule has 84 valence electrons. The summed E-state index contributed by atoms with van der Waals surface area (Å²) >= 11 is 9.54. The van der Waals surface area contributed by atoms with Crippen molar-refractivity contribution in [3.63, 3.8) is 0 Å². The summed E-state index contributed by atoms with van der Waals surface area (Å²) in [5.41, 5.74) is 1.72. The predicted octanol–water partition coefficient (Wildman–Crippen LogP) is 3.84. The van der Waals surface area contributed by atoms with Crippen LogP contribution in [0, 0.1) is 0 Å². The fraction of sp³-hybridized carbons (Fsp3) is 0. The maximum absolute atomic E-state index is 6.19. The Hall–Kier alpha value is -1.39. The van der Waals surface area contributed by atoms with Gasteiger partial charge in [-0.25, -0.2) is 9.67 Å². The summed E-state index contributed by atoms with van der Waals surface area (Å²) in [5, 5.41) is 5.79. The maximum atomic E-state index is 6.19. The van der Waals surface area contributed by atoms with Crippen LogP contribution in [0.1, 0.15) is 0 Å². The third kappa shape index (κ3) is 1.73. The average Bonchev–Trinajstić information content (AvgIpc) is 2.79. The number of para-hydroxylation sites is 1. The fourth-order valence-corrected chi connectivity index (χ4v) is 2.18. The van der Waals surface area contributed by atoms with Crippen LogP contribution in [0.4, 0.5) is 0 Å². The van der Waals surface area contributed by atoms with Gasteiger partial charge in [-0.2, -0.15) is 5.10 Å². The minimum atomic E-state index is 0.636. The molecule has 0 unspecified atom stereocenters. The van der Waals surface area contributed by atoms with E-state index in [1.165, 1.54) is 0 Å². The molecule has 3 nitrogen and oxygen atoms in total. The highest BCUT2D eigenvalue weighted by atomic mass is 79.9. The second-order valence-corrected chi connectivity index (χ2v) is 4.78. The monoisotopic (exact) mass is 307 g/mol. The first-order chi connectivity index (χ1) is 8.27. The third-order valence-electron chi connectivity index (χ3n) is 2.49. The van der Waals surface area contributed by atoms with Crippen molar-refractivity contribution in [1.29, 1.82) is 0 Å². The van der Waals surface area contributed by atoms with Crippen molar-refractivity contribution in [3.05, 3.63) is 52.2 Å². The maximum Gasteiger partial charge on any atom is 0.164 e. The number of rotatable bonds is 1. The van der Waals surface area contributed by atoms with Crippen LogP contribution in [0.25, 0.3) is 16.7 Å². The van der Waals surface area contributed by atoms with Gasteiger partial charge in [-0.15, -0.1) is 0 Å². The van der Waals surface area contributed by atoms with Gasteiger partial charge in [-0.1, -0.05) is 29.8 Å². The largest absolute Gasteiger partial charge is 0.235 e. The van der Waals surface area contributed by atoms with Gasteiger partial charge in [0.15, 0.2) is 5.65 Å². The fourth-order valence-electron chi connectivity index (χ4n) is 1.68. The molecule has 0 saturated heterocycles. The number of benzene rings is 1. The molecule has 0 spiro atoms. The zero-order chi connectivity index (χ0) is 11.8. The van der Waals surface area contributed by atoms with Crippen molar-refractivity contribution in [2.24, 2.45) is 0 Å². The second-order valence-electron chi connectivity index (χ2n) is 3.55. The van der Waals surface area contributed by atoms with Crippen LogP contribution in [-0.2, 0) is 0 Å². The quantitative estimate of drug-likeness (QED) is 0.684. The molecule has 2 heterocycles. The van der Waals surface area contributed by atoms with E-state index in [0.717, 1.165) is 21.2 Å². The standard InChI is InChI=1S/C12H7BrClN3/c13-10-7-15-12-9(11(10)14)6-16-17(12)8-4-2-1-3-5-8/h1-7H. The van der Waals surface area contributed by atoms with E-state index in [-0.39, 0.29) is 0 Å². The molecule has 17 heavy (non-hydrogen) atoms. The Kier molecular flexibility index (Phi) is 2.61. The molecule has 0 atom stereocenters. The van der Waals surface area contributed by atoms with E-state index in [4.69, 9.17) is 11.6 Å². The molecule has 0 amide bonds. The van der Waals surface area contributed by atoms with Crippen LogP contribution in [0.5, 0.6) is 0 Å². The molecule has 0 aliphatic rings. The van der Waals surface area contributed by atoms with Crippen LogP contribution in [0.15, 0.2) is 47.2 Å². The Bertz CT molecular complexity index is 679. The summed E-state index contributed by atoms with van der Waals surface area (Å²) in [4.78, 5) is 4.35. The molecular weight excluding hydrogens is 302 g/mol. The molecule has 3 aromatic rings. The van der Waals surface area contributed by atoms with Crippen LogP contribution >= 0.6 is 27.5 Å². The molecule has 0 radical (unpaired) electrons. The molecule has 0 fully saturated rings. The Labute approximate surface area is 111 Å². The lowest BCUT2D eigenvalue weighted by molar-refractivity contribution is 0.897. The van der Waals surface area contributed by atoms with Crippen LogP contribution < -0.4 is 0 Å². The number of nitrogens with zero attached hydrogens (tertiary/aromatic N) is 3. The van der Waals surface area contributed by atoms with E-state index in [1.807, 2.05) is 30.3 Å². The van der Waals surface area contributed by atoms with Gasteiger partial charge < -0.3 is 0 Å². The van der Waals surface area contributed by atoms with Gasteiger partial charge in [0.25, 0.3) is 0 Å². The van der Waals surface area contributed by atoms with Gasteiger partial charge in [0, 0.05) is 6.20 Å². The molecule has 0 saturated carbocycles. The zero-order valence-corrected chi connectivity index (χ0v) is 11.0. The normalized spacial score (nSPS) is 10.9. The SMILES string of the molecule is Clc1c(Br)cnc2c1cnn2-c1ccccc1. The van der Waals surface area contributed by atoms with Gasteiger partial charge >= 0.3 is 0 Å². The van der Waals surface area contributed by atoms with Crippen molar-refractivity contribution >= 4 is 38.6 Å². The first kappa shape index (κ1) is 10.7. The molecular formula is C12H7BrClN3. The molecule has 3 rings (SSSR count). The first-order valence-corrected chi connectivity index (χ1v) is 6.17. The number of hydrogen-bond donors (Lipinski definition) is 0. The van der Waals surface area contributed by atoms with Gasteiger partial charge in [-0.05, 0) is 28.1 Å². The Morgan fingerprint density at radius 2 is 1.88 bits per heavy atom. The van der Waals surface area contributed by atoms with E-state index in [9.17, 15) is 0 Å². The molecule has 2 aromatic heterocycles. The lowest BCUT2D eigenvalue weighted by atomic mass is 10.3. The highest BCUT2D eigenvalue weighted by Crippen LogP contribution is 2.29. The molecule has 0 aliphatic carbocycles. The van der Waals surface area contributed by atoms with Gasteiger partial charge in [0.2, 0.25) is 0 Å².